The van der Waals surface area contributed by atoms with E-state index in [4.69, 9.17) is 12.2 Å². The van der Waals surface area contributed by atoms with Crippen LogP contribution in [0.2, 0.25) is 0 Å². The van der Waals surface area contributed by atoms with Gasteiger partial charge < -0.3 is 4.18 Å². The van der Waals surface area contributed by atoms with E-state index in [-0.39, 0.29) is 12.2 Å². The summed E-state index contributed by atoms with van der Waals surface area (Å²) in [6.07, 6.45) is 10.1. The predicted molar refractivity (Wildman–Crippen MR) is 118 cm³/mol. The Morgan fingerprint density at radius 3 is 1.97 bits per heavy atom. The van der Waals surface area contributed by atoms with E-state index in [1.807, 2.05) is 6.07 Å². The summed E-state index contributed by atoms with van der Waals surface area (Å²) in [6, 6.07) is 1.85. The summed E-state index contributed by atoms with van der Waals surface area (Å²) < 4.78 is 49.3. The summed E-state index contributed by atoms with van der Waals surface area (Å²) in [4.78, 5) is 11.4. The molecular weight excluding hydrogens is 434 g/mol. The molecule has 0 saturated carbocycles. The average molecular weight is 468 g/mol. The molecule has 0 fully saturated rings. The van der Waals surface area contributed by atoms with Crippen LogP contribution in [0.3, 0.4) is 0 Å². The molecule has 7 nitrogen and oxygen atoms in total. The predicted octanol–water partition coefficient (Wildman–Crippen LogP) is 4.03. The standard InChI is InChI=1S/C19H33NO6S3/c1-3-4-5-6-7-8-9-10-11-12-15-29(24,25)18(27)19(2,16-20)14-13-17(21)26-28(22)23/h28H,3-15H2,1-2H3. The van der Waals surface area contributed by atoms with Crippen LogP contribution in [0.1, 0.15) is 90.9 Å². The van der Waals surface area contributed by atoms with E-state index in [1.165, 1.54) is 39.0 Å². The van der Waals surface area contributed by atoms with Crippen LogP contribution in [0.15, 0.2) is 0 Å². The minimum Gasteiger partial charge on any atom is -0.348 e. The highest BCUT2D eigenvalue weighted by atomic mass is 32.2. The van der Waals surface area contributed by atoms with Crippen molar-refractivity contribution < 1.29 is 25.8 Å². The summed E-state index contributed by atoms with van der Waals surface area (Å²) in [5, 5.41) is 9.39. The second-order valence-corrected chi connectivity index (χ2v) is 10.8. The Morgan fingerprint density at radius 2 is 1.52 bits per heavy atom. The Labute approximate surface area is 182 Å². The molecule has 0 aromatic carbocycles. The number of carbonyl (C=O) groups excluding carboxylic acids is 1. The quantitative estimate of drug-likeness (QED) is 0.205. The van der Waals surface area contributed by atoms with Crippen LogP contribution in [-0.4, -0.2) is 32.8 Å². The van der Waals surface area contributed by atoms with Crippen LogP contribution in [0, 0.1) is 16.7 Å². The van der Waals surface area contributed by atoms with Gasteiger partial charge in [-0.25, -0.2) is 8.42 Å². The molecule has 0 aliphatic rings. The summed E-state index contributed by atoms with van der Waals surface area (Å²) in [5.74, 6) is -1.17. The first-order valence-corrected chi connectivity index (χ1v) is 13.3. The van der Waals surface area contributed by atoms with Gasteiger partial charge in [-0.2, -0.15) is 13.7 Å². The van der Waals surface area contributed by atoms with Crippen LogP contribution >= 0.6 is 12.2 Å². The normalized spacial score (nSPS) is 13.6. The van der Waals surface area contributed by atoms with Gasteiger partial charge in [-0.15, -0.1) is 0 Å². The molecule has 168 valence electrons. The monoisotopic (exact) mass is 467 g/mol. The van der Waals surface area contributed by atoms with Crippen molar-refractivity contribution in [2.45, 2.75) is 90.9 Å². The molecule has 0 saturated heterocycles. The SMILES string of the molecule is CCCCCCCCCCCCS(=O)(=O)C(=S)C(C)(C#N)CCC(=O)O[SH](=O)=O. The lowest BCUT2D eigenvalue weighted by Gasteiger charge is -2.21. The van der Waals surface area contributed by atoms with E-state index >= 15 is 0 Å². The molecule has 0 aromatic rings. The van der Waals surface area contributed by atoms with Crippen molar-refractivity contribution >= 4 is 43.2 Å². The van der Waals surface area contributed by atoms with Gasteiger partial charge in [0.2, 0.25) is 0 Å². The van der Waals surface area contributed by atoms with Gasteiger partial charge in [-0.1, -0.05) is 76.9 Å². The van der Waals surface area contributed by atoms with Crippen molar-refractivity contribution in [3.63, 3.8) is 0 Å². The third-order valence-electron chi connectivity index (χ3n) is 4.75. The summed E-state index contributed by atoms with van der Waals surface area (Å²) >= 11 is 5.05. The molecule has 10 heteroatoms. The number of sulfone groups is 1. The third-order valence-corrected chi connectivity index (χ3v) is 8.16. The zero-order valence-electron chi connectivity index (χ0n) is 17.4. The fraction of sp³-hybridized carbons (Fsp3) is 0.842. The third kappa shape index (κ3) is 12.3. The number of hydrogen-bond donors (Lipinski definition) is 1. The molecule has 0 N–H and O–H groups in total. The smallest absolute Gasteiger partial charge is 0.321 e. The van der Waals surface area contributed by atoms with Crippen LogP contribution in [0.4, 0.5) is 0 Å². The topological polar surface area (TPSA) is 118 Å². The second kappa shape index (κ2) is 14.9. The van der Waals surface area contributed by atoms with Crippen molar-refractivity contribution in [2.75, 3.05) is 5.75 Å². The van der Waals surface area contributed by atoms with Gasteiger partial charge >= 0.3 is 17.0 Å². The number of thiol groups is 1. The largest absolute Gasteiger partial charge is 0.348 e. The lowest BCUT2D eigenvalue weighted by atomic mass is 9.89. The van der Waals surface area contributed by atoms with Crippen molar-refractivity contribution in [1.29, 1.82) is 5.26 Å². The van der Waals surface area contributed by atoms with Crippen molar-refractivity contribution in [3.8, 4) is 6.07 Å². The van der Waals surface area contributed by atoms with E-state index in [9.17, 15) is 26.9 Å². The highest BCUT2D eigenvalue weighted by Gasteiger charge is 2.38. The second-order valence-electron chi connectivity index (χ2n) is 7.42. The van der Waals surface area contributed by atoms with E-state index in [0.717, 1.165) is 25.7 Å². The number of thiocarbonyl (C=S) groups is 1. The molecule has 0 bridgehead atoms. The first-order valence-electron chi connectivity index (χ1n) is 10.1. The molecular formula is C19H33NO6S3. The number of nitriles is 1. The van der Waals surface area contributed by atoms with E-state index in [2.05, 4.69) is 11.1 Å². The van der Waals surface area contributed by atoms with Gasteiger partial charge in [0.05, 0.1) is 11.8 Å². The number of hydrogen-bond acceptors (Lipinski definition) is 8. The first kappa shape index (κ1) is 27.9. The molecule has 1 atom stereocenters. The average Bonchev–Trinajstić information content (AvgIpc) is 2.66. The summed E-state index contributed by atoms with van der Waals surface area (Å²) in [7, 11) is -7.10. The van der Waals surface area contributed by atoms with Crippen LogP contribution in [0.5, 0.6) is 0 Å². The highest BCUT2D eigenvalue weighted by molar-refractivity contribution is 8.17. The molecule has 0 spiro atoms. The van der Waals surface area contributed by atoms with Gasteiger partial charge in [0.25, 0.3) is 0 Å². The molecule has 0 radical (unpaired) electrons. The van der Waals surface area contributed by atoms with Crippen molar-refractivity contribution in [1.82, 2.24) is 0 Å². The summed E-state index contributed by atoms with van der Waals surface area (Å²) in [6.45, 7) is 3.53. The Hall–Kier alpha value is -1.05. The number of rotatable bonds is 16. The highest BCUT2D eigenvalue weighted by Crippen LogP contribution is 2.29. The fourth-order valence-electron chi connectivity index (χ4n) is 2.90. The van der Waals surface area contributed by atoms with E-state index in [0.29, 0.717) is 6.42 Å². The minimum absolute atomic E-state index is 0.129. The van der Waals surface area contributed by atoms with Gasteiger partial charge in [-0.05, 0) is 19.8 Å². The molecule has 0 heterocycles. The zero-order valence-corrected chi connectivity index (χ0v) is 19.9. The molecule has 0 rings (SSSR count). The maximum Gasteiger partial charge on any atom is 0.321 e. The number of carbonyl (C=O) groups is 1. The Bertz CT molecular complexity index is 732. The lowest BCUT2D eigenvalue weighted by Crippen LogP contribution is -2.33. The van der Waals surface area contributed by atoms with Gasteiger partial charge in [0.1, 0.15) is 9.61 Å². The Morgan fingerprint density at radius 1 is 1.03 bits per heavy atom. The van der Waals surface area contributed by atoms with Crippen LogP contribution in [-0.2, 0) is 29.8 Å². The maximum atomic E-state index is 12.5. The van der Waals surface area contributed by atoms with Gasteiger partial charge in [0.15, 0.2) is 9.84 Å². The molecule has 0 amide bonds. The molecule has 1 unspecified atom stereocenters. The molecule has 0 aliphatic carbocycles. The first-order chi connectivity index (χ1) is 13.6. The number of nitrogens with zero attached hydrogens (tertiary/aromatic N) is 1. The zero-order chi connectivity index (χ0) is 22.3. The van der Waals surface area contributed by atoms with E-state index < -0.39 is 42.8 Å². The van der Waals surface area contributed by atoms with E-state index in [1.54, 1.807) is 0 Å². The summed E-state index contributed by atoms with van der Waals surface area (Å²) in [5.41, 5.74) is -1.56. The Kier molecular flexibility index (Phi) is 14.3. The van der Waals surface area contributed by atoms with Gasteiger partial charge in [-0.3, -0.25) is 4.79 Å². The molecule has 0 aromatic heterocycles. The van der Waals surface area contributed by atoms with Crippen molar-refractivity contribution in [2.24, 2.45) is 5.41 Å². The molecule has 0 aliphatic heterocycles. The maximum absolute atomic E-state index is 12.5. The lowest BCUT2D eigenvalue weighted by molar-refractivity contribution is -0.133. The fourth-order valence-corrected chi connectivity index (χ4v) is 5.16. The van der Waals surface area contributed by atoms with Gasteiger partial charge in [0, 0.05) is 6.42 Å². The number of unbranched alkanes of at least 4 members (excludes halogenated alkanes) is 9. The molecule has 29 heavy (non-hydrogen) atoms. The van der Waals surface area contributed by atoms with Crippen LogP contribution < -0.4 is 0 Å². The van der Waals surface area contributed by atoms with Crippen LogP contribution in [0.25, 0.3) is 0 Å². The Balaban J connectivity index is 4.36. The minimum atomic E-state index is -3.77. The van der Waals surface area contributed by atoms with Crippen molar-refractivity contribution in [3.05, 3.63) is 0 Å².